The number of fused-ring (bicyclic) bond motifs is 1. The number of amides is 1. The molecule has 0 aromatic heterocycles. The molecule has 1 spiro atoms. The molecule has 1 heterocycles. The molecule has 5 nitrogen and oxygen atoms in total. The van der Waals surface area contributed by atoms with Gasteiger partial charge in [-0.05, 0) is 24.5 Å². The first-order valence-corrected chi connectivity index (χ1v) is 7.74. The van der Waals surface area contributed by atoms with E-state index in [0.717, 1.165) is 25.7 Å². The summed E-state index contributed by atoms with van der Waals surface area (Å²) in [4.78, 5) is 26.7. The molecule has 1 aliphatic heterocycles. The third-order valence-electron chi connectivity index (χ3n) is 5.06. The lowest BCUT2D eigenvalue weighted by Crippen LogP contribution is -2.59. The number of aliphatic carboxylic acids is 1. The van der Waals surface area contributed by atoms with E-state index in [-0.39, 0.29) is 5.91 Å². The maximum atomic E-state index is 12.9. The summed E-state index contributed by atoms with van der Waals surface area (Å²) in [5.41, 5.74) is 0.578. The van der Waals surface area contributed by atoms with Crippen LogP contribution in [0.2, 0.25) is 0 Å². The maximum absolute atomic E-state index is 12.9. The number of rotatable bonds is 4. The van der Waals surface area contributed by atoms with Gasteiger partial charge < -0.3 is 14.7 Å². The van der Waals surface area contributed by atoms with Crippen LogP contribution in [0, 0.1) is 0 Å². The molecule has 1 aromatic carbocycles. The van der Waals surface area contributed by atoms with E-state index >= 15 is 0 Å². The fraction of sp³-hybridized carbons (Fsp3) is 0.529. The molecule has 1 N–H and O–H groups in total. The second-order valence-electron chi connectivity index (χ2n) is 6.12. The van der Waals surface area contributed by atoms with Crippen molar-refractivity contribution in [2.24, 2.45) is 0 Å². The van der Waals surface area contributed by atoms with Gasteiger partial charge in [0.25, 0.3) is 5.91 Å². The van der Waals surface area contributed by atoms with Crippen LogP contribution in [-0.4, -0.2) is 47.7 Å². The number of nitrogens with zero attached hydrogens (tertiary/aromatic N) is 1. The summed E-state index contributed by atoms with van der Waals surface area (Å²) < 4.78 is 5.14. The highest BCUT2D eigenvalue weighted by Gasteiger charge is 2.55. The summed E-state index contributed by atoms with van der Waals surface area (Å²) in [7, 11) is 1.60. The average Bonchev–Trinajstić information content (AvgIpc) is 2.97. The van der Waals surface area contributed by atoms with Gasteiger partial charge in [0, 0.05) is 19.2 Å². The van der Waals surface area contributed by atoms with Gasteiger partial charge in [-0.3, -0.25) is 9.59 Å². The van der Waals surface area contributed by atoms with Crippen molar-refractivity contribution in [1.82, 2.24) is 4.90 Å². The molecule has 0 saturated heterocycles. The molecule has 3 rings (SSSR count). The highest BCUT2D eigenvalue weighted by molar-refractivity contribution is 6.01. The Morgan fingerprint density at radius 3 is 2.68 bits per heavy atom. The van der Waals surface area contributed by atoms with Crippen molar-refractivity contribution in [3.05, 3.63) is 35.4 Å². The minimum Gasteiger partial charge on any atom is -0.481 e. The van der Waals surface area contributed by atoms with Gasteiger partial charge >= 0.3 is 5.97 Å². The van der Waals surface area contributed by atoms with Crippen LogP contribution in [0.15, 0.2) is 24.3 Å². The molecule has 2 aliphatic rings. The number of carboxylic acids is 1. The number of ether oxygens (including phenoxy) is 1. The molecule has 0 unspecified atom stereocenters. The maximum Gasteiger partial charge on any atom is 0.313 e. The van der Waals surface area contributed by atoms with Crippen LogP contribution in [-0.2, 0) is 9.53 Å². The van der Waals surface area contributed by atoms with E-state index in [2.05, 4.69) is 0 Å². The van der Waals surface area contributed by atoms with Crippen molar-refractivity contribution in [2.45, 2.75) is 37.1 Å². The number of benzene rings is 1. The largest absolute Gasteiger partial charge is 0.481 e. The Kier molecular flexibility index (Phi) is 3.91. The van der Waals surface area contributed by atoms with Crippen LogP contribution in [0.3, 0.4) is 0 Å². The molecule has 1 saturated carbocycles. The van der Waals surface area contributed by atoms with Crippen molar-refractivity contribution in [1.29, 1.82) is 0 Å². The molecule has 1 amide bonds. The zero-order valence-electron chi connectivity index (χ0n) is 12.7. The summed E-state index contributed by atoms with van der Waals surface area (Å²) in [5.74, 6) is -1.56. The predicted octanol–water partition coefficient (Wildman–Crippen LogP) is 2.27. The quantitative estimate of drug-likeness (QED) is 0.926. The molecule has 118 valence electrons. The van der Waals surface area contributed by atoms with E-state index in [1.807, 2.05) is 6.07 Å². The lowest BCUT2D eigenvalue weighted by atomic mass is 9.71. The fourth-order valence-electron chi connectivity index (χ4n) is 4.15. The number of carbonyl (C=O) groups excluding carboxylic acids is 1. The number of carbonyl (C=O) groups is 2. The summed E-state index contributed by atoms with van der Waals surface area (Å²) in [6.45, 7) is 0.857. The standard InChI is InChI=1S/C17H21NO4/c1-22-11-10-18-15(19)13-7-3-2-6-12(13)14(16(20)21)17(18)8-4-5-9-17/h2-3,6-7,14H,4-5,8-11H2,1H3,(H,20,21)/t14-/m1/s1. The lowest BCUT2D eigenvalue weighted by Gasteiger charge is -2.49. The molecular formula is C17H21NO4. The van der Waals surface area contributed by atoms with Gasteiger partial charge in [-0.25, -0.2) is 0 Å². The Bertz CT molecular complexity index is 592. The molecule has 0 bridgehead atoms. The second kappa shape index (κ2) is 5.72. The van der Waals surface area contributed by atoms with Crippen LogP contribution < -0.4 is 0 Å². The average molecular weight is 303 g/mol. The van der Waals surface area contributed by atoms with E-state index < -0.39 is 17.4 Å². The second-order valence-corrected chi connectivity index (χ2v) is 6.12. The molecule has 1 aromatic rings. The molecule has 5 heteroatoms. The van der Waals surface area contributed by atoms with Crippen LogP contribution in [0.4, 0.5) is 0 Å². The molecule has 1 aliphatic carbocycles. The van der Waals surface area contributed by atoms with Gasteiger partial charge in [-0.2, -0.15) is 0 Å². The summed E-state index contributed by atoms with van der Waals surface area (Å²) in [5, 5.41) is 9.87. The molecule has 1 atom stereocenters. The van der Waals surface area contributed by atoms with Gasteiger partial charge in [0.05, 0.1) is 12.1 Å². The van der Waals surface area contributed by atoms with Crippen molar-refractivity contribution in [2.75, 3.05) is 20.3 Å². The highest BCUT2D eigenvalue weighted by Crippen LogP contribution is 2.50. The first kappa shape index (κ1) is 15.0. The Morgan fingerprint density at radius 2 is 2.05 bits per heavy atom. The Morgan fingerprint density at radius 1 is 1.36 bits per heavy atom. The van der Waals surface area contributed by atoms with Gasteiger partial charge in [-0.1, -0.05) is 31.0 Å². The van der Waals surface area contributed by atoms with Crippen molar-refractivity contribution in [3.63, 3.8) is 0 Å². The van der Waals surface area contributed by atoms with E-state index in [4.69, 9.17) is 4.74 Å². The summed E-state index contributed by atoms with van der Waals surface area (Å²) >= 11 is 0. The fourth-order valence-corrected chi connectivity index (χ4v) is 4.15. The van der Waals surface area contributed by atoms with E-state index in [0.29, 0.717) is 24.3 Å². The summed E-state index contributed by atoms with van der Waals surface area (Å²) in [6, 6.07) is 7.13. The van der Waals surface area contributed by atoms with Crippen molar-refractivity contribution >= 4 is 11.9 Å². The zero-order valence-corrected chi connectivity index (χ0v) is 12.7. The number of methoxy groups -OCH3 is 1. The first-order chi connectivity index (χ1) is 10.6. The Hall–Kier alpha value is -1.88. The minimum atomic E-state index is -0.843. The zero-order chi connectivity index (χ0) is 15.7. The third kappa shape index (κ3) is 2.11. The smallest absolute Gasteiger partial charge is 0.313 e. The van der Waals surface area contributed by atoms with Gasteiger partial charge in [0.1, 0.15) is 5.92 Å². The predicted molar refractivity (Wildman–Crippen MR) is 80.9 cm³/mol. The SMILES string of the molecule is COCCN1C(=O)c2ccccc2[C@H](C(=O)O)C12CCCC2. The Balaban J connectivity index is 2.15. The third-order valence-corrected chi connectivity index (χ3v) is 5.06. The van der Waals surface area contributed by atoms with E-state index in [1.54, 1.807) is 30.2 Å². The van der Waals surface area contributed by atoms with Crippen LogP contribution in [0.25, 0.3) is 0 Å². The first-order valence-electron chi connectivity index (χ1n) is 7.74. The van der Waals surface area contributed by atoms with Crippen LogP contribution in [0.5, 0.6) is 0 Å². The highest BCUT2D eigenvalue weighted by atomic mass is 16.5. The van der Waals surface area contributed by atoms with Gasteiger partial charge in [0.15, 0.2) is 0 Å². The molecular weight excluding hydrogens is 282 g/mol. The molecule has 1 fully saturated rings. The summed E-state index contributed by atoms with van der Waals surface area (Å²) in [6.07, 6.45) is 3.41. The van der Waals surface area contributed by atoms with E-state index in [1.165, 1.54) is 0 Å². The topological polar surface area (TPSA) is 66.8 Å². The number of hydrogen-bond donors (Lipinski definition) is 1. The van der Waals surface area contributed by atoms with Crippen molar-refractivity contribution < 1.29 is 19.4 Å². The lowest BCUT2D eigenvalue weighted by molar-refractivity contribution is -0.143. The number of carboxylic acid groups (broad SMARTS) is 1. The minimum absolute atomic E-state index is 0.0629. The molecule has 22 heavy (non-hydrogen) atoms. The van der Waals surface area contributed by atoms with Crippen molar-refractivity contribution in [3.8, 4) is 0 Å². The Labute approximate surface area is 129 Å². The van der Waals surface area contributed by atoms with E-state index in [9.17, 15) is 14.7 Å². The van der Waals surface area contributed by atoms with Crippen LogP contribution in [0.1, 0.15) is 47.5 Å². The van der Waals surface area contributed by atoms with Gasteiger partial charge in [-0.15, -0.1) is 0 Å². The number of hydrogen-bond acceptors (Lipinski definition) is 3. The monoisotopic (exact) mass is 303 g/mol. The van der Waals surface area contributed by atoms with Crippen LogP contribution >= 0.6 is 0 Å². The molecule has 0 radical (unpaired) electrons. The van der Waals surface area contributed by atoms with Gasteiger partial charge in [0.2, 0.25) is 0 Å². The normalized spacial score (nSPS) is 22.9.